The Morgan fingerprint density at radius 1 is 0.647 bits per heavy atom. The second-order valence-corrected chi connectivity index (χ2v) is 3.43. The Morgan fingerprint density at radius 2 is 1.06 bits per heavy atom. The summed E-state index contributed by atoms with van der Waals surface area (Å²) >= 11 is 0. The van der Waals surface area contributed by atoms with Crippen LogP contribution in [0.1, 0.15) is 0 Å². The third kappa shape index (κ3) is 1.90. The van der Waals surface area contributed by atoms with Gasteiger partial charge in [0.15, 0.2) is 0 Å². The van der Waals surface area contributed by atoms with E-state index >= 15 is 0 Å². The lowest BCUT2D eigenvalue weighted by Gasteiger charge is -2.00. The number of rotatable bonds is 2. The van der Waals surface area contributed by atoms with Crippen LogP contribution in [-0.2, 0) is 0 Å². The van der Waals surface area contributed by atoms with Crippen molar-refractivity contribution in [3.8, 4) is 22.8 Å². The van der Waals surface area contributed by atoms with Gasteiger partial charge < -0.3 is 15.2 Å². The van der Waals surface area contributed by atoms with Crippen molar-refractivity contribution in [2.24, 2.45) is 0 Å². The van der Waals surface area contributed by atoms with Crippen molar-refractivity contribution in [2.75, 3.05) is 0 Å². The summed E-state index contributed by atoms with van der Waals surface area (Å²) in [7, 11) is 0. The van der Waals surface area contributed by atoms with Crippen LogP contribution in [0, 0.1) is 0 Å². The smallest absolute Gasteiger partial charge is 0.0274 e. The molecule has 0 unspecified atom stereocenters. The zero-order valence-corrected chi connectivity index (χ0v) is 8.85. The van der Waals surface area contributed by atoms with Gasteiger partial charge in [-0.25, -0.2) is 0 Å². The van der Waals surface area contributed by atoms with Crippen molar-refractivity contribution in [1.29, 1.82) is 0 Å². The van der Waals surface area contributed by atoms with Crippen LogP contribution in [-0.4, -0.2) is 20.2 Å². The lowest BCUT2D eigenvalue weighted by molar-refractivity contribution is 1.10. The molecule has 0 N–H and O–H groups in total. The summed E-state index contributed by atoms with van der Waals surface area (Å²) in [5.41, 5.74) is 1.82. The van der Waals surface area contributed by atoms with Crippen LogP contribution < -0.4 is 4.98 Å². The molecule has 0 saturated heterocycles. The van der Waals surface area contributed by atoms with E-state index in [0.717, 1.165) is 11.1 Å². The maximum Gasteiger partial charge on any atom is 0.0274 e. The molecule has 82 valence electrons. The Kier molecular flexibility index (Phi) is 2.34. The zero-order valence-electron chi connectivity index (χ0n) is 8.85. The monoisotopic (exact) mass is 222 g/mol. The topological polar surface area (TPSA) is 65.7 Å². The predicted octanol–water partition coefficient (Wildman–Crippen LogP) is 1.56. The molecule has 0 bridgehead atoms. The average molecular weight is 222 g/mol. The normalized spacial score (nSPS) is 10.4. The molecule has 0 amide bonds. The lowest BCUT2D eigenvalue weighted by atomic mass is 10.2. The van der Waals surface area contributed by atoms with Crippen LogP contribution in [0.25, 0.3) is 22.8 Å². The van der Waals surface area contributed by atoms with Gasteiger partial charge in [-0.1, -0.05) is 0 Å². The first-order valence-corrected chi connectivity index (χ1v) is 5.12. The Morgan fingerprint density at radius 3 is 1.47 bits per heavy atom. The van der Waals surface area contributed by atoms with E-state index in [1.54, 1.807) is 24.8 Å². The van der Waals surface area contributed by atoms with E-state index in [1.165, 1.54) is 0 Å². The SMILES string of the molecule is c1cc(-c2nnc(-c3ccncc3)[n-]2)ccn1. The minimum atomic E-state index is 0.610. The van der Waals surface area contributed by atoms with Crippen LogP contribution in [0.4, 0.5) is 0 Å². The van der Waals surface area contributed by atoms with Gasteiger partial charge in [-0.2, -0.15) is 0 Å². The highest BCUT2D eigenvalue weighted by Gasteiger charge is 1.97. The van der Waals surface area contributed by atoms with Gasteiger partial charge in [0.05, 0.1) is 0 Å². The molecule has 0 radical (unpaired) electrons. The largest absolute Gasteiger partial charge is 0.357 e. The molecule has 3 rings (SSSR count). The van der Waals surface area contributed by atoms with Crippen molar-refractivity contribution < 1.29 is 0 Å². The summed E-state index contributed by atoms with van der Waals surface area (Å²) in [4.78, 5) is 12.3. The van der Waals surface area contributed by atoms with Gasteiger partial charge in [0.25, 0.3) is 0 Å². The number of aromatic nitrogens is 5. The second kappa shape index (κ2) is 4.13. The molecule has 3 aromatic rings. The maximum atomic E-state index is 4.37. The number of hydrogen-bond acceptors (Lipinski definition) is 4. The van der Waals surface area contributed by atoms with Gasteiger partial charge in [0.1, 0.15) is 0 Å². The minimum absolute atomic E-state index is 0.610. The van der Waals surface area contributed by atoms with Crippen molar-refractivity contribution >= 4 is 0 Å². The summed E-state index contributed by atoms with van der Waals surface area (Å²) < 4.78 is 0. The third-order valence-electron chi connectivity index (χ3n) is 2.33. The van der Waals surface area contributed by atoms with Crippen LogP contribution in [0.15, 0.2) is 49.1 Å². The highest BCUT2D eigenvalue weighted by atomic mass is 15.2. The van der Waals surface area contributed by atoms with Gasteiger partial charge in [-0.3, -0.25) is 9.97 Å². The van der Waals surface area contributed by atoms with Crippen molar-refractivity contribution in [2.45, 2.75) is 0 Å². The number of nitrogens with zero attached hydrogens (tertiary/aromatic N) is 5. The van der Waals surface area contributed by atoms with E-state index in [9.17, 15) is 0 Å². The molecule has 5 nitrogen and oxygen atoms in total. The first-order chi connectivity index (χ1) is 8.43. The lowest BCUT2D eigenvalue weighted by Crippen LogP contribution is -1.84. The van der Waals surface area contributed by atoms with Crippen molar-refractivity contribution in [3.63, 3.8) is 0 Å². The molecule has 17 heavy (non-hydrogen) atoms. The van der Waals surface area contributed by atoms with E-state index < -0.39 is 0 Å². The summed E-state index contributed by atoms with van der Waals surface area (Å²) in [6.45, 7) is 0. The molecule has 5 heteroatoms. The van der Waals surface area contributed by atoms with Crippen molar-refractivity contribution in [3.05, 3.63) is 49.1 Å². The van der Waals surface area contributed by atoms with Crippen LogP contribution >= 0.6 is 0 Å². The quantitative estimate of drug-likeness (QED) is 0.658. The Labute approximate surface area is 97.6 Å². The van der Waals surface area contributed by atoms with Crippen LogP contribution in [0.5, 0.6) is 0 Å². The maximum absolute atomic E-state index is 4.37. The molecule has 0 atom stereocenters. The summed E-state index contributed by atoms with van der Waals surface area (Å²) in [6.07, 6.45) is 6.82. The van der Waals surface area contributed by atoms with Crippen LogP contribution in [0.2, 0.25) is 0 Å². The Hall–Kier alpha value is -2.56. The third-order valence-corrected chi connectivity index (χ3v) is 2.33. The minimum Gasteiger partial charge on any atom is -0.357 e. The Bertz CT molecular complexity index is 549. The van der Waals surface area contributed by atoms with Crippen molar-refractivity contribution in [1.82, 2.24) is 25.1 Å². The van der Waals surface area contributed by atoms with E-state index in [1.807, 2.05) is 24.3 Å². The second-order valence-electron chi connectivity index (χ2n) is 3.43. The fraction of sp³-hybridized carbons (Fsp3) is 0. The average Bonchev–Trinajstić information content (AvgIpc) is 2.90. The molecular weight excluding hydrogens is 214 g/mol. The fourth-order valence-electron chi connectivity index (χ4n) is 1.49. The highest BCUT2D eigenvalue weighted by Crippen LogP contribution is 2.17. The molecular formula is C12H8N5-. The first kappa shape index (κ1) is 9.65. The number of hydrogen-bond donors (Lipinski definition) is 0. The summed E-state index contributed by atoms with van der Waals surface area (Å²) in [6, 6.07) is 7.42. The molecule has 0 spiro atoms. The standard InChI is InChI=1S/C12H8N5/c1-5-13-6-2-9(1)11-15-12(17-16-11)10-3-7-14-8-4-10/h1-8H/q-1. The van der Waals surface area contributed by atoms with E-state index in [-0.39, 0.29) is 0 Å². The van der Waals surface area contributed by atoms with Gasteiger partial charge in [-0.05, 0) is 35.4 Å². The van der Waals surface area contributed by atoms with E-state index in [0.29, 0.717) is 11.6 Å². The molecule has 0 aromatic carbocycles. The highest BCUT2D eigenvalue weighted by molar-refractivity contribution is 5.59. The molecule has 0 fully saturated rings. The molecule has 0 saturated carbocycles. The van der Waals surface area contributed by atoms with Gasteiger partial charge in [0.2, 0.25) is 0 Å². The molecule has 0 aliphatic carbocycles. The van der Waals surface area contributed by atoms with Crippen LogP contribution in [0.3, 0.4) is 0 Å². The first-order valence-electron chi connectivity index (χ1n) is 5.12. The predicted molar refractivity (Wildman–Crippen MR) is 61.8 cm³/mol. The van der Waals surface area contributed by atoms with Gasteiger partial charge >= 0.3 is 0 Å². The van der Waals surface area contributed by atoms with E-state index in [2.05, 4.69) is 25.1 Å². The fourth-order valence-corrected chi connectivity index (χ4v) is 1.49. The van der Waals surface area contributed by atoms with Gasteiger partial charge in [-0.15, -0.1) is 0 Å². The molecule has 0 aliphatic heterocycles. The summed E-state index contributed by atoms with van der Waals surface area (Å²) in [5.74, 6) is 1.22. The molecule has 3 aromatic heterocycles. The van der Waals surface area contributed by atoms with E-state index in [4.69, 9.17) is 0 Å². The molecule has 0 aliphatic rings. The number of pyridine rings is 2. The molecule has 3 heterocycles. The summed E-state index contributed by atoms with van der Waals surface area (Å²) in [5, 5.41) is 8.11. The van der Waals surface area contributed by atoms with Gasteiger partial charge in [0, 0.05) is 36.4 Å². The Balaban J connectivity index is 1.99. The zero-order chi connectivity index (χ0) is 11.5.